The van der Waals surface area contributed by atoms with Gasteiger partial charge >= 0.3 is 5.97 Å². The van der Waals surface area contributed by atoms with Gasteiger partial charge in [0.2, 0.25) is 0 Å². The maximum Gasteiger partial charge on any atom is 0.341 e. The summed E-state index contributed by atoms with van der Waals surface area (Å²) in [5.74, 6) is 0.0414. The maximum atomic E-state index is 12.4. The lowest BCUT2D eigenvalue weighted by molar-refractivity contribution is -0.665. The first-order valence-electron chi connectivity index (χ1n) is 6.91. The Hall–Kier alpha value is -0.580. The standard InChI is InChI=1S/C15H19BrClNO2/c1-15(2,10-6-8-18-9-7-10)20-14(19)13-11(16)4-3-5-12(13)17/h3-5,10,18H,6-9H2,1-2H3/p+1. The third-order valence-electron chi connectivity index (χ3n) is 3.94. The van der Waals surface area contributed by atoms with E-state index in [9.17, 15) is 4.79 Å². The molecule has 0 atom stereocenters. The molecule has 2 N–H and O–H groups in total. The molecule has 0 saturated carbocycles. The summed E-state index contributed by atoms with van der Waals surface area (Å²) >= 11 is 9.46. The molecule has 1 aliphatic rings. The Morgan fingerprint density at radius 1 is 1.40 bits per heavy atom. The van der Waals surface area contributed by atoms with Crippen molar-refractivity contribution in [2.45, 2.75) is 32.3 Å². The van der Waals surface area contributed by atoms with Gasteiger partial charge in [-0.15, -0.1) is 0 Å². The van der Waals surface area contributed by atoms with Crippen LogP contribution in [0.1, 0.15) is 37.0 Å². The molecule has 3 nitrogen and oxygen atoms in total. The molecule has 20 heavy (non-hydrogen) atoms. The van der Waals surface area contributed by atoms with E-state index in [1.807, 2.05) is 13.8 Å². The van der Waals surface area contributed by atoms with Gasteiger partial charge in [-0.25, -0.2) is 4.79 Å². The summed E-state index contributed by atoms with van der Waals surface area (Å²) in [6.45, 7) is 6.18. The fourth-order valence-electron chi connectivity index (χ4n) is 2.69. The molecule has 1 aromatic rings. The van der Waals surface area contributed by atoms with Crippen LogP contribution in [0.3, 0.4) is 0 Å². The van der Waals surface area contributed by atoms with Gasteiger partial charge in [-0.3, -0.25) is 0 Å². The van der Waals surface area contributed by atoms with E-state index in [0.717, 1.165) is 25.9 Å². The van der Waals surface area contributed by atoms with Crippen LogP contribution in [-0.2, 0) is 4.74 Å². The summed E-state index contributed by atoms with van der Waals surface area (Å²) in [7, 11) is 0. The number of nitrogens with two attached hydrogens (primary N) is 1. The van der Waals surface area contributed by atoms with Crippen LogP contribution in [-0.4, -0.2) is 24.7 Å². The summed E-state index contributed by atoms with van der Waals surface area (Å²) in [6, 6.07) is 5.29. The Bertz CT molecular complexity index is 478. The third kappa shape index (κ3) is 3.54. The maximum absolute atomic E-state index is 12.4. The van der Waals surface area contributed by atoms with Crippen molar-refractivity contribution in [1.29, 1.82) is 0 Å². The zero-order valence-corrected chi connectivity index (χ0v) is 14.1. The summed E-state index contributed by atoms with van der Waals surface area (Å²) < 4.78 is 6.43. The number of hydrogen-bond donors (Lipinski definition) is 1. The predicted octanol–water partition coefficient (Wildman–Crippen LogP) is 3.01. The van der Waals surface area contributed by atoms with Crippen molar-refractivity contribution in [2.75, 3.05) is 13.1 Å². The molecule has 0 radical (unpaired) electrons. The Morgan fingerprint density at radius 2 is 2.05 bits per heavy atom. The minimum atomic E-state index is -0.468. The Morgan fingerprint density at radius 3 is 2.65 bits per heavy atom. The number of esters is 1. The van der Waals surface area contributed by atoms with Crippen molar-refractivity contribution in [2.24, 2.45) is 5.92 Å². The molecule has 0 aliphatic carbocycles. The van der Waals surface area contributed by atoms with Gasteiger partial charge in [-0.05, 0) is 41.9 Å². The fraction of sp³-hybridized carbons (Fsp3) is 0.533. The van der Waals surface area contributed by atoms with Crippen LogP contribution in [0.4, 0.5) is 0 Å². The number of halogens is 2. The van der Waals surface area contributed by atoms with E-state index >= 15 is 0 Å². The Balaban J connectivity index is 2.14. The molecule has 1 aliphatic heterocycles. The normalized spacial score (nSPS) is 17.0. The van der Waals surface area contributed by atoms with Gasteiger partial charge in [-0.2, -0.15) is 0 Å². The average Bonchev–Trinajstić information content (AvgIpc) is 2.39. The quantitative estimate of drug-likeness (QED) is 0.841. The van der Waals surface area contributed by atoms with E-state index in [1.165, 1.54) is 0 Å². The lowest BCUT2D eigenvalue weighted by Crippen LogP contribution is -2.86. The first-order chi connectivity index (χ1) is 9.42. The zero-order valence-electron chi connectivity index (χ0n) is 11.8. The zero-order chi connectivity index (χ0) is 14.8. The van der Waals surface area contributed by atoms with E-state index in [1.54, 1.807) is 18.2 Å². The van der Waals surface area contributed by atoms with E-state index < -0.39 is 5.60 Å². The van der Waals surface area contributed by atoms with Crippen molar-refractivity contribution in [3.05, 3.63) is 33.3 Å². The van der Waals surface area contributed by atoms with Crippen LogP contribution in [0.2, 0.25) is 5.02 Å². The summed E-state index contributed by atoms with van der Waals surface area (Å²) in [6.07, 6.45) is 2.15. The molecule has 110 valence electrons. The monoisotopic (exact) mass is 360 g/mol. The van der Waals surface area contributed by atoms with Crippen molar-refractivity contribution in [3.63, 3.8) is 0 Å². The molecule has 0 bridgehead atoms. The highest BCUT2D eigenvalue weighted by atomic mass is 79.9. The van der Waals surface area contributed by atoms with E-state index in [0.29, 0.717) is 21.0 Å². The van der Waals surface area contributed by atoms with Gasteiger partial charge in [-0.1, -0.05) is 17.7 Å². The smallest absolute Gasteiger partial charge is 0.341 e. The number of ether oxygens (including phenoxy) is 1. The first kappa shape index (κ1) is 15.8. The van der Waals surface area contributed by atoms with Gasteiger partial charge in [0.05, 0.1) is 23.7 Å². The topological polar surface area (TPSA) is 42.9 Å². The fourth-order valence-corrected chi connectivity index (χ4v) is 3.58. The van der Waals surface area contributed by atoms with Crippen LogP contribution >= 0.6 is 27.5 Å². The van der Waals surface area contributed by atoms with Crippen molar-refractivity contribution in [1.82, 2.24) is 0 Å². The number of carbonyl (C=O) groups is 1. The SMILES string of the molecule is CC(C)(OC(=O)c1c(Cl)cccc1Br)C1CC[NH2+]CC1. The predicted molar refractivity (Wildman–Crippen MR) is 83.0 cm³/mol. The number of hydrogen-bond acceptors (Lipinski definition) is 2. The average molecular weight is 362 g/mol. The molecule has 0 aromatic heterocycles. The lowest BCUT2D eigenvalue weighted by atomic mass is 9.83. The van der Waals surface area contributed by atoms with Gasteiger partial charge < -0.3 is 10.1 Å². The second-order valence-electron chi connectivity index (χ2n) is 5.73. The molecule has 0 spiro atoms. The van der Waals surface area contributed by atoms with Crippen molar-refractivity contribution >= 4 is 33.5 Å². The van der Waals surface area contributed by atoms with Crippen molar-refractivity contribution < 1.29 is 14.8 Å². The summed E-state index contributed by atoms with van der Waals surface area (Å²) in [4.78, 5) is 12.4. The molecule has 5 heteroatoms. The van der Waals surface area contributed by atoms with Crippen LogP contribution in [0.15, 0.2) is 22.7 Å². The Kier molecular flexibility index (Phi) is 5.10. The summed E-state index contributed by atoms with van der Waals surface area (Å²) in [5, 5.41) is 2.72. The van der Waals surface area contributed by atoms with Crippen LogP contribution in [0.5, 0.6) is 0 Å². The van der Waals surface area contributed by atoms with Crippen molar-refractivity contribution in [3.8, 4) is 0 Å². The van der Waals surface area contributed by atoms with E-state index in [4.69, 9.17) is 16.3 Å². The number of quaternary nitrogens is 1. The third-order valence-corrected chi connectivity index (χ3v) is 4.92. The number of benzene rings is 1. The van der Waals surface area contributed by atoms with Crippen LogP contribution in [0, 0.1) is 5.92 Å². The molecular formula is C15H20BrClNO2+. The first-order valence-corrected chi connectivity index (χ1v) is 8.08. The van der Waals surface area contributed by atoms with Gasteiger partial charge in [0.25, 0.3) is 0 Å². The molecule has 0 amide bonds. The van der Waals surface area contributed by atoms with E-state index in [2.05, 4.69) is 21.2 Å². The molecule has 2 rings (SSSR count). The minimum Gasteiger partial charge on any atom is -0.456 e. The Labute approximate surface area is 133 Å². The number of piperidine rings is 1. The molecule has 1 fully saturated rings. The van der Waals surface area contributed by atoms with Gasteiger partial charge in [0, 0.05) is 23.2 Å². The molecule has 1 heterocycles. The molecule has 1 aromatic carbocycles. The highest BCUT2D eigenvalue weighted by Gasteiger charge is 2.36. The number of rotatable bonds is 3. The second-order valence-corrected chi connectivity index (χ2v) is 6.99. The van der Waals surface area contributed by atoms with E-state index in [-0.39, 0.29) is 5.97 Å². The highest BCUT2D eigenvalue weighted by Crippen LogP contribution is 2.32. The van der Waals surface area contributed by atoms with Crippen LogP contribution < -0.4 is 5.32 Å². The second kappa shape index (κ2) is 6.46. The van der Waals surface area contributed by atoms with Crippen LogP contribution in [0.25, 0.3) is 0 Å². The highest BCUT2D eigenvalue weighted by molar-refractivity contribution is 9.10. The van der Waals surface area contributed by atoms with Gasteiger partial charge in [0.1, 0.15) is 5.60 Å². The van der Waals surface area contributed by atoms with Gasteiger partial charge in [0.15, 0.2) is 0 Å². The summed E-state index contributed by atoms with van der Waals surface area (Å²) in [5.41, 5.74) is -0.0613. The molecule has 1 saturated heterocycles. The molecular weight excluding hydrogens is 342 g/mol. The largest absolute Gasteiger partial charge is 0.456 e. The lowest BCUT2D eigenvalue weighted by Gasteiger charge is -2.35. The number of carbonyl (C=O) groups excluding carboxylic acids is 1. The minimum absolute atomic E-state index is 0.359. The molecule has 0 unspecified atom stereocenters.